The van der Waals surface area contributed by atoms with Crippen LogP contribution in [0.2, 0.25) is 0 Å². The molecule has 1 aliphatic rings. The van der Waals surface area contributed by atoms with Gasteiger partial charge in [0.1, 0.15) is 0 Å². The van der Waals surface area contributed by atoms with Gasteiger partial charge in [0.05, 0.1) is 0 Å². The molecule has 0 aromatic carbocycles. The zero-order valence-electron chi connectivity index (χ0n) is 4.67. The molecule has 0 radical (unpaired) electrons. The van der Waals surface area contributed by atoms with Crippen molar-refractivity contribution in [2.24, 2.45) is 5.73 Å². The van der Waals surface area contributed by atoms with Gasteiger partial charge in [0.25, 0.3) is 5.67 Å². The summed E-state index contributed by atoms with van der Waals surface area (Å²) < 4.78 is 59.2. The van der Waals surface area contributed by atoms with Gasteiger partial charge in [-0.3, -0.25) is 0 Å². The van der Waals surface area contributed by atoms with E-state index in [4.69, 9.17) is 0 Å². The second kappa shape index (κ2) is 1.44. The van der Waals surface area contributed by atoms with Gasteiger partial charge in [-0.1, -0.05) is 0 Å². The summed E-state index contributed by atoms with van der Waals surface area (Å²) in [7, 11) is 0. The first-order chi connectivity index (χ1) is 4.31. The first-order valence-electron chi connectivity index (χ1n) is 2.46. The van der Waals surface area contributed by atoms with Crippen LogP contribution in [0.4, 0.5) is 22.0 Å². The maximum atomic E-state index is 12.2. The van der Waals surface area contributed by atoms with Crippen molar-refractivity contribution in [2.45, 2.75) is 17.5 Å². The number of nitrogens with two attached hydrogens (primary N) is 1. The van der Waals surface area contributed by atoms with Crippen molar-refractivity contribution in [1.82, 2.24) is 0 Å². The van der Waals surface area contributed by atoms with Crippen LogP contribution in [-0.4, -0.2) is 24.1 Å². The van der Waals surface area contributed by atoms with Gasteiger partial charge in [0.15, 0.2) is 0 Å². The van der Waals surface area contributed by atoms with E-state index in [-0.39, 0.29) is 0 Å². The van der Waals surface area contributed by atoms with Gasteiger partial charge in [-0.25, -0.2) is 4.39 Å². The van der Waals surface area contributed by atoms with Crippen molar-refractivity contribution in [1.29, 1.82) is 0 Å². The third kappa shape index (κ3) is 0.436. The lowest BCUT2D eigenvalue weighted by Crippen LogP contribution is -2.25. The molecule has 6 heteroatoms. The van der Waals surface area contributed by atoms with Gasteiger partial charge >= 0.3 is 11.8 Å². The molecule has 1 rings (SSSR count). The standard InChI is InChI=1S/C4H4F5N/c5-2(1-10)3(6,7)4(2,8)9/h1,10H2. The van der Waals surface area contributed by atoms with Crippen LogP contribution in [0.25, 0.3) is 0 Å². The Labute approximate surface area is 53.0 Å². The zero-order chi connectivity index (χ0) is 8.21. The van der Waals surface area contributed by atoms with Gasteiger partial charge in [-0.2, -0.15) is 17.6 Å². The molecule has 1 saturated carbocycles. The van der Waals surface area contributed by atoms with Crippen LogP contribution in [-0.2, 0) is 0 Å². The van der Waals surface area contributed by atoms with E-state index in [2.05, 4.69) is 5.73 Å². The average Bonchev–Trinajstić information content (AvgIpc) is 2.11. The van der Waals surface area contributed by atoms with Gasteiger partial charge in [-0.05, 0) is 0 Å². The topological polar surface area (TPSA) is 26.0 Å². The summed E-state index contributed by atoms with van der Waals surface area (Å²) in [6.45, 7) is -1.35. The van der Waals surface area contributed by atoms with Crippen molar-refractivity contribution >= 4 is 0 Å². The second-order valence-electron chi connectivity index (χ2n) is 2.15. The lowest BCUT2D eigenvalue weighted by molar-refractivity contribution is -0.0278. The smallest absolute Gasteiger partial charge is 0.327 e. The molecule has 0 unspecified atom stereocenters. The molecule has 0 aromatic rings. The Hall–Kier alpha value is -0.390. The number of alkyl halides is 5. The Morgan fingerprint density at radius 2 is 1.20 bits per heavy atom. The van der Waals surface area contributed by atoms with E-state index < -0.39 is 24.1 Å². The Morgan fingerprint density at radius 1 is 0.900 bits per heavy atom. The molecule has 0 atom stereocenters. The van der Waals surface area contributed by atoms with Crippen molar-refractivity contribution in [2.75, 3.05) is 6.54 Å². The minimum absolute atomic E-state index is 1.35. The Bertz CT molecular complexity index is 151. The van der Waals surface area contributed by atoms with Crippen LogP contribution in [0.15, 0.2) is 0 Å². The van der Waals surface area contributed by atoms with Crippen LogP contribution in [0.3, 0.4) is 0 Å². The first kappa shape index (κ1) is 7.71. The lowest BCUT2D eigenvalue weighted by atomic mass is 10.4. The van der Waals surface area contributed by atoms with E-state index in [0.29, 0.717) is 0 Å². The minimum atomic E-state index is -4.57. The predicted octanol–water partition coefficient (Wildman–Crippen LogP) is 0.938. The summed E-state index contributed by atoms with van der Waals surface area (Å²) in [5.41, 5.74) is 0.579. The van der Waals surface area contributed by atoms with Gasteiger partial charge in [0, 0.05) is 6.54 Å². The summed E-state index contributed by atoms with van der Waals surface area (Å²) in [5.74, 6) is -9.15. The van der Waals surface area contributed by atoms with Crippen molar-refractivity contribution in [3.63, 3.8) is 0 Å². The van der Waals surface area contributed by atoms with Gasteiger partial charge in [-0.15, -0.1) is 0 Å². The highest BCUT2D eigenvalue weighted by Crippen LogP contribution is 2.67. The molecule has 1 fully saturated rings. The summed E-state index contributed by atoms with van der Waals surface area (Å²) in [5, 5.41) is 0. The molecule has 0 heterocycles. The van der Waals surface area contributed by atoms with E-state index in [9.17, 15) is 22.0 Å². The van der Waals surface area contributed by atoms with Gasteiger partial charge in [0.2, 0.25) is 0 Å². The van der Waals surface area contributed by atoms with Crippen LogP contribution >= 0.6 is 0 Å². The fourth-order valence-corrected chi connectivity index (χ4v) is 0.695. The monoisotopic (exact) mass is 161 g/mol. The normalized spacial score (nSPS) is 31.8. The quantitative estimate of drug-likeness (QED) is 0.569. The molecule has 2 N–H and O–H groups in total. The third-order valence-corrected chi connectivity index (χ3v) is 1.61. The van der Waals surface area contributed by atoms with Crippen molar-refractivity contribution in [3.8, 4) is 0 Å². The highest BCUT2D eigenvalue weighted by molar-refractivity contribution is 5.29. The number of halogens is 5. The van der Waals surface area contributed by atoms with E-state index in [1.807, 2.05) is 0 Å². The van der Waals surface area contributed by atoms with Crippen LogP contribution in [0.5, 0.6) is 0 Å². The summed E-state index contributed by atoms with van der Waals surface area (Å²) in [6, 6.07) is 0. The van der Waals surface area contributed by atoms with Crippen molar-refractivity contribution in [3.05, 3.63) is 0 Å². The SMILES string of the molecule is NCC1(F)C(F)(F)C1(F)F. The Balaban J connectivity index is 2.90. The van der Waals surface area contributed by atoms with Crippen molar-refractivity contribution < 1.29 is 22.0 Å². The number of rotatable bonds is 1. The Kier molecular flexibility index (Phi) is 1.11. The maximum absolute atomic E-state index is 12.2. The molecule has 0 aliphatic heterocycles. The average molecular weight is 161 g/mol. The van der Waals surface area contributed by atoms with E-state index in [1.54, 1.807) is 0 Å². The summed E-state index contributed by atoms with van der Waals surface area (Å²) in [4.78, 5) is 0. The van der Waals surface area contributed by atoms with Gasteiger partial charge < -0.3 is 5.73 Å². The van der Waals surface area contributed by atoms with E-state index in [1.165, 1.54) is 0 Å². The lowest BCUT2D eigenvalue weighted by Gasteiger charge is -1.96. The zero-order valence-corrected chi connectivity index (χ0v) is 4.67. The third-order valence-electron chi connectivity index (χ3n) is 1.61. The molecule has 1 nitrogen and oxygen atoms in total. The van der Waals surface area contributed by atoms with Crippen LogP contribution < -0.4 is 5.73 Å². The molecule has 0 bridgehead atoms. The molecule has 0 aromatic heterocycles. The molecule has 10 heavy (non-hydrogen) atoms. The Morgan fingerprint density at radius 3 is 1.20 bits per heavy atom. The number of hydrogen-bond donors (Lipinski definition) is 1. The highest BCUT2D eigenvalue weighted by atomic mass is 19.3. The molecule has 0 amide bonds. The maximum Gasteiger partial charge on any atom is 0.354 e. The fraction of sp³-hybridized carbons (Fsp3) is 1.00. The fourth-order valence-electron chi connectivity index (χ4n) is 0.695. The molecule has 60 valence electrons. The van der Waals surface area contributed by atoms with Crippen LogP contribution in [0.1, 0.15) is 0 Å². The predicted molar refractivity (Wildman–Crippen MR) is 22.8 cm³/mol. The van der Waals surface area contributed by atoms with E-state index in [0.717, 1.165) is 0 Å². The molecule has 1 aliphatic carbocycles. The molecular weight excluding hydrogens is 157 g/mol. The summed E-state index contributed by atoms with van der Waals surface area (Å²) >= 11 is 0. The van der Waals surface area contributed by atoms with Crippen LogP contribution in [0, 0.1) is 0 Å². The molecule has 0 spiro atoms. The molecular formula is C4H4F5N. The second-order valence-corrected chi connectivity index (χ2v) is 2.15. The van der Waals surface area contributed by atoms with E-state index >= 15 is 0 Å². The number of hydrogen-bond acceptors (Lipinski definition) is 1. The largest absolute Gasteiger partial charge is 0.354 e. The summed E-state index contributed by atoms with van der Waals surface area (Å²) in [6.07, 6.45) is 0. The molecule has 0 saturated heterocycles. The first-order valence-corrected chi connectivity index (χ1v) is 2.46. The minimum Gasteiger partial charge on any atom is -0.327 e. The highest BCUT2D eigenvalue weighted by Gasteiger charge is 2.98.